The summed E-state index contributed by atoms with van der Waals surface area (Å²) in [6, 6.07) is 3.68. The molecule has 2 atom stereocenters. The van der Waals surface area contributed by atoms with Gasteiger partial charge in [-0.2, -0.15) is 0 Å². The zero-order valence-corrected chi connectivity index (χ0v) is 19.4. The minimum Gasteiger partial charge on any atom is -0.376 e. The maximum absolute atomic E-state index is 11.5. The summed E-state index contributed by atoms with van der Waals surface area (Å²) in [5.41, 5.74) is 15.8. The summed E-state index contributed by atoms with van der Waals surface area (Å²) in [7, 11) is 0. The highest BCUT2D eigenvalue weighted by Crippen LogP contribution is 2.42. The Morgan fingerprint density at radius 3 is 2.74 bits per heavy atom. The fourth-order valence-electron chi connectivity index (χ4n) is 5.76. The number of carbonyl (C=O) groups is 1. The monoisotopic (exact) mass is 462 g/mol. The molecule has 6 heterocycles. The summed E-state index contributed by atoms with van der Waals surface area (Å²) >= 11 is 0. The number of amides is 1. The van der Waals surface area contributed by atoms with Gasteiger partial charge in [0.1, 0.15) is 17.2 Å². The number of primary amides is 1. The third-order valence-electron chi connectivity index (χ3n) is 7.90. The molecule has 0 unspecified atom stereocenters. The van der Waals surface area contributed by atoms with Gasteiger partial charge in [-0.1, -0.05) is 0 Å². The van der Waals surface area contributed by atoms with E-state index >= 15 is 0 Å². The standard InChI is InChI=1S/C24H30N8O2/c1-14-21(25)24(13-34-14)6-9-31(10-7-24)19-12-27-20-17(30-19)11-28-23(20)32-8-2-3-15-18(32)5-4-16(29-15)22(26)33/h4-5,12,14,21H,2-3,6-11,13,25H2,1H3,(H2,26,33)/t14-,21+/m0/s1. The van der Waals surface area contributed by atoms with Crippen molar-refractivity contribution in [2.75, 3.05) is 36.0 Å². The second-order valence-electron chi connectivity index (χ2n) is 9.84. The molecule has 0 saturated carbocycles. The van der Waals surface area contributed by atoms with Crippen LogP contribution in [-0.2, 0) is 17.7 Å². The van der Waals surface area contributed by atoms with Crippen molar-refractivity contribution in [3.63, 3.8) is 0 Å². The number of carbonyl (C=O) groups excluding carboxylic acids is 1. The molecule has 0 radical (unpaired) electrons. The maximum atomic E-state index is 11.5. The SMILES string of the molecule is C[C@@H]1OCC2(CCN(c3cnc4c(n3)CN=C4N3CCCc4nc(C(N)=O)ccc43)CC2)[C@@H]1N. The lowest BCUT2D eigenvalue weighted by Gasteiger charge is -2.41. The van der Waals surface area contributed by atoms with E-state index in [1.807, 2.05) is 12.3 Å². The molecule has 6 rings (SSSR count). The first-order valence-corrected chi connectivity index (χ1v) is 12.1. The first kappa shape index (κ1) is 21.4. The van der Waals surface area contributed by atoms with Crippen LogP contribution in [0.15, 0.2) is 23.3 Å². The Morgan fingerprint density at radius 2 is 2.00 bits per heavy atom. The number of pyridine rings is 1. The number of amidine groups is 1. The van der Waals surface area contributed by atoms with Gasteiger partial charge >= 0.3 is 0 Å². The molecule has 34 heavy (non-hydrogen) atoms. The number of fused-ring (bicyclic) bond motifs is 2. The van der Waals surface area contributed by atoms with Gasteiger partial charge in [-0.3, -0.25) is 9.79 Å². The van der Waals surface area contributed by atoms with Crippen molar-refractivity contribution in [2.45, 2.75) is 51.3 Å². The zero-order chi connectivity index (χ0) is 23.4. The van der Waals surface area contributed by atoms with E-state index in [1.165, 1.54) is 0 Å². The number of nitrogens with zero attached hydrogens (tertiary/aromatic N) is 6. The lowest BCUT2D eigenvalue weighted by Crippen LogP contribution is -2.50. The molecule has 2 aromatic rings. The van der Waals surface area contributed by atoms with Gasteiger partial charge in [-0.05, 0) is 44.7 Å². The average Bonchev–Trinajstić information content (AvgIpc) is 3.40. The van der Waals surface area contributed by atoms with Gasteiger partial charge in [0.25, 0.3) is 5.91 Å². The van der Waals surface area contributed by atoms with Crippen LogP contribution in [0.25, 0.3) is 0 Å². The van der Waals surface area contributed by atoms with Crippen molar-refractivity contribution in [2.24, 2.45) is 21.9 Å². The van der Waals surface area contributed by atoms with Gasteiger partial charge < -0.3 is 26.0 Å². The molecule has 4 aliphatic rings. The van der Waals surface area contributed by atoms with Crippen LogP contribution in [0.1, 0.15) is 53.8 Å². The van der Waals surface area contributed by atoms with Gasteiger partial charge in [0.15, 0.2) is 5.84 Å². The van der Waals surface area contributed by atoms with Crippen molar-refractivity contribution >= 4 is 23.2 Å². The van der Waals surface area contributed by atoms with E-state index in [9.17, 15) is 4.79 Å². The summed E-state index contributed by atoms with van der Waals surface area (Å²) in [4.78, 5) is 35.0. The van der Waals surface area contributed by atoms with E-state index in [0.29, 0.717) is 12.2 Å². The van der Waals surface area contributed by atoms with Crippen molar-refractivity contribution in [3.05, 3.63) is 41.1 Å². The predicted octanol–water partition coefficient (Wildman–Crippen LogP) is 1.02. The molecule has 1 amide bonds. The number of aryl methyl sites for hydroxylation is 1. The van der Waals surface area contributed by atoms with Crippen molar-refractivity contribution in [3.8, 4) is 0 Å². The Kier molecular flexibility index (Phi) is 5.03. The van der Waals surface area contributed by atoms with Gasteiger partial charge in [-0.25, -0.2) is 15.0 Å². The molecule has 1 spiro atoms. The van der Waals surface area contributed by atoms with Gasteiger partial charge in [0.05, 0.1) is 42.5 Å². The van der Waals surface area contributed by atoms with E-state index in [4.69, 9.17) is 31.2 Å². The molecule has 0 aliphatic carbocycles. The Bertz CT molecular complexity index is 1170. The number of aliphatic imine (C=N–C) groups is 1. The predicted molar refractivity (Wildman–Crippen MR) is 128 cm³/mol. The first-order chi connectivity index (χ1) is 16.4. The molecule has 2 saturated heterocycles. The van der Waals surface area contributed by atoms with Crippen LogP contribution in [0, 0.1) is 5.41 Å². The molecule has 0 aromatic carbocycles. The van der Waals surface area contributed by atoms with E-state index in [0.717, 1.165) is 86.3 Å². The van der Waals surface area contributed by atoms with Crippen LogP contribution in [0.4, 0.5) is 11.5 Å². The molecule has 0 bridgehead atoms. The largest absolute Gasteiger partial charge is 0.376 e. The number of rotatable bonds is 2. The Balaban J connectivity index is 1.21. The third-order valence-corrected chi connectivity index (χ3v) is 7.90. The lowest BCUT2D eigenvalue weighted by molar-refractivity contribution is 0.0973. The van der Waals surface area contributed by atoms with E-state index in [1.54, 1.807) is 6.07 Å². The number of piperidine rings is 1. The second-order valence-corrected chi connectivity index (χ2v) is 9.84. The van der Waals surface area contributed by atoms with Crippen LogP contribution in [0.3, 0.4) is 0 Å². The van der Waals surface area contributed by atoms with Crippen molar-refractivity contribution in [1.82, 2.24) is 15.0 Å². The van der Waals surface area contributed by atoms with Crippen molar-refractivity contribution in [1.29, 1.82) is 0 Å². The maximum Gasteiger partial charge on any atom is 0.267 e. The highest BCUT2D eigenvalue weighted by atomic mass is 16.5. The number of hydrogen-bond donors (Lipinski definition) is 2. The fraction of sp³-hybridized carbons (Fsp3) is 0.542. The third kappa shape index (κ3) is 3.35. The number of aromatic nitrogens is 3. The highest BCUT2D eigenvalue weighted by Gasteiger charge is 2.47. The van der Waals surface area contributed by atoms with Gasteiger partial charge in [0, 0.05) is 31.1 Å². The van der Waals surface area contributed by atoms with E-state index < -0.39 is 5.91 Å². The topological polar surface area (TPSA) is 136 Å². The van der Waals surface area contributed by atoms with Gasteiger partial charge in [0.2, 0.25) is 0 Å². The van der Waals surface area contributed by atoms with Crippen LogP contribution in [0.2, 0.25) is 0 Å². The van der Waals surface area contributed by atoms with Crippen molar-refractivity contribution < 1.29 is 9.53 Å². The van der Waals surface area contributed by atoms with E-state index in [2.05, 4.69) is 21.7 Å². The molecular formula is C24H30N8O2. The van der Waals surface area contributed by atoms with Crippen LogP contribution in [-0.4, -0.2) is 65.1 Å². The Morgan fingerprint density at radius 1 is 1.18 bits per heavy atom. The lowest BCUT2D eigenvalue weighted by atomic mass is 9.73. The minimum atomic E-state index is -0.512. The quantitative estimate of drug-likeness (QED) is 0.675. The zero-order valence-electron chi connectivity index (χ0n) is 19.4. The molecule has 4 N–H and O–H groups in total. The minimum absolute atomic E-state index is 0.0838. The van der Waals surface area contributed by atoms with E-state index in [-0.39, 0.29) is 17.6 Å². The summed E-state index contributed by atoms with van der Waals surface area (Å²) in [5.74, 6) is 1.21. The summed E-state index contributed by atoms with van der Waals surface area (Å²) in [6.07, 6.45) is 5.72. The Labute approximate surface area is 198 Å². The number of ether oxygens (including phenoxy) is 1. The Hall–Kier alpha value is -3.11. The average molecular weight is 463 g/mol. The van der Waals surface area contributed by atoms with Crippen LogP contribution >= 0.6 is 0 Å². The highest BCUT2D eigenvalue weighted by molar-refractivity contribution is 6.11. The normalized spacial score (nSPS) is 25.3. The molecule has 4 aliphatic heterocycles. The molecule has 10 nitrogen and oxygen atoms in total. The fourth-order valence-corrected chi connectivity index (χ4v) is 5.76. The molecule has 178 valence electrons. The molecule has 10 heteroatoms. The molecular weight excluding hydrogens is 432 g/mol. The second kappa shape index (κ2) is 7.99. The van der Waals surface area contributed by atoms with Gasteiger partial charge in [-0.15, -0.1) is 0 Å². The summed E-state index contributed by atoms with van der Waals surface area (Å²) in [5, 5.41) is 0. The number of nitrogens with two attached hydrogens (primary N) is 2. The number of hydrogen-bond acceptors (Lipinski definition) is 9. The van der Waals surface area contributed by atoms with Crippen LogP contribution in [0.5, 0.6) is 0 Å². The van der Waals surface area contributed by atoms with Crippen LogP contribution < -0.4 is 21.3 Å². The summed E-state index contributed by atoms with van der Waals surface area (Å²) < 4.78 is 5.85. The molecule has 2 aromatic heterocycles. The summed E-state index contributed by atoms with van der Waals surface area (Å²) in [6.45, 7) is 5.96. The molecule has 2 fully saturated rings. The smallest absolute Gasteiger partial charge is 0.267 e. The number of anilines is 2. The first-order valence-electron chi connectivity index (χ1n) is 12.1.